The predicted molar refractivity (Wildman–Crippen MR) is 446 cm³/mol. The molecule has 0 radical (unpaired) electrons. The highest BCUT2D eigenvalue weighted by Crippen LogP contribution is 2.41. The van der Waals surface area contributed by atoms with Gasteiger partial charge in [0.1, 0.15) is 34.2 Å². The van der Waals surface area contributed by atoms with Gasteiger partial charge in [-0.3, -0.25) is 19.9 Å². The van der Waals surface area contributed by atoms with E-state index in [1.807, 2.05) is 163 Å². The predicted octanol–water partition coefficient (Wildman–Crippen LogP) is 23.4. The zero-order valence-corrected chi connectivity index (χ0v) is 59.8. The van der Waals surface area contributed by atoms with Crippen LogP contribution < -0.4 is 4.68 Å². The van der Waals surface area contributed by atoms with Gasteiger partial charge in [0, 0.05) is 114 Å². The fraction of sp³-hybridized carbons (Fsp3) is 0. The van der Waals surface area contributed by atoms with E-state index in [-0.39, 0.29) is 0 Å². The van der Waals surface area contributed by atoms with E-state index in [9.17, 15) is 0 Å². The molecule has 1 N–H and O–H groups in total. The number of aromatic amines is 1. The van der Waals surface area contributed by atoms with Crippen LogP contribution in [-0.4, -0.2) is 53.7 Å². The number of hydrogen-bond acceptors (Lipinski definition) is 11. The fourth-order valence-electron chi connectivity index (χ4n) is 15.3. The second-order valence-electron chi connectivity index (χ2n) is 26.9. The Kier molecular flexibility index (Phi) is 16.8. The lowest BCUT2D eigenvalue weighted by Crippen LogP contribution is -2.35. The Morgan fingerprint density at radius 3 is 1.33 bits per heavy atom. The Balaban J connectivity index is 0.0000000940. The van der Waals surface area contributed by atoms with Crippen LogP contribution in [-0.2, 0) is 0 Å². The minimum atomic E-state index is 0.721. The third-order valence-electron chi connectivity index (χ3n) is 20.4. The van der Waals surface area contributed by atoms with Crippen molar-refractivity contribution in [3.63, 3.8) is 0 Å². The summed E-state index contributed by atoms with van der Waals surface area (Å²) in [6.45, 7) is 0. The van der Waals surface area contributed by atoms with Crippen LogP contribution in [0.2, 0.25) is 0 Å². The number of aromatic nitrogens is 12. The smallest absolute Gasteiger partial charge is 0.256 e. The summed E-state index contributed by atoms with van der Waals surface area (Å²) in [6.07, 6.45) is 27.2. The number of hydrogen-bond donors (Lipinski definition) is 1. The third-order valence-corrected chi connectivity index (χ3v) is 20.4. The molecule has 16 nitrogen and oxygen atoms in total. The summed E-state index contributed by atoms with van der Waals surface area (Å²) < 4.78 is 31.7. The topological polar surface area (TPSA) is 177 Å². The van der Waals surface area contributed by atoms with Crippen molar-refractivity contribution in [2.75, 3.05) is 0 Å². The van der Waals surface area contributed by atoms with E-state index in [1.165, 1.54) is 27.1 Å². The molecule has 0 amide bonds. The summed E-state index contributed by atoms with van der Waals surface area (Å²) in [7, 11) is 0. The largest absolute Gasteiger partial charge is 0.464 e. The molecule has 10 aromatic carbocycles. The average molecular weight is 1450 g/mol. The number of H-pyrrole nitrogens is 1. The summed E-state index contributed by atoms with van der Waals surface area (Å²) in [5.41, 5.74) is 22.1. The van der Waals surface area contributed by atoms with Crippen LogP contribution in [0.3, 0.4) is 0 Å². The molecule has 14 aromatic heterocycles. The summed E-state index contributed by atoms with van der Waals surface area (Å²) in [4.78, 5) is 29.3. The summed E-state index contributed by atoms with van der Waals surface area (Å²) in [5.74, 6) is 0.721. The highest BCUT2D eigenvalue weighted by atomic mass is 16.3. The number of nitrogens with one attached hydrogen (secondary N) is 1. The Bertz CT molecular complexity index is 7230. The van der Waals surface area contributed by atoms with Crippen LogP contribution in [0.4, 0.5) is 0 Å². The van der Waals surface area contributed by atoms with Crippen molar-refractivity contribution in [2.45, 2.75) is 0 Å². The number of fused-ring (bicyclic) bond motifs is 20. The Hall–Kier alpha value is -15.7. The van der Waals surface area contributed by atoms with Crippen molar-refractivity contribution in [1.29, 1.82) is 0 Å². The van der Waals surface area contributed by atoms with Gasteiger partial charge >= 0.3 is 0 Å². The molecule has 24 rings (SSSR count). The van der Waals surface area contributed by atoms with Gasteiger partial charge < -0.3 is 36.4 Å². The molecule has 0 spiro atoms. The van der Waals surface area contributed by atoms with Gasteiger partial charge in [-0.15, -0.1) is 0 Å². The van der Waals surface area contributed by atoms with Gasteiger partial charge in [-0.25, -0.2) is 9.97 Å². The standard InChI is InChI=1S/C25H16N2O.C24H15N3O.C23H15N4O.C14H9NO.C10H8N2/c1-2-7-22-20(5-1)24-23(13-10-18-14-16-28-25(18)24)27(22)19-11-8-17(9-12-19)21-6-3-4-15-26-21;1-2-6-17(7-3-1)24-25-14-18(15-26-24)27-20-9-5-4-8-19(20)22-21(27)11-10-16-12-13-28-23(16)22;1-2-6-20-19(5-1)22-21(8-7-16-10-13-28-23(16)22)27(20)18-9-12-25-26(15-18)17-4-3-11-24-14-17;1-2-4-11-10(3-1)13-12(15-11)6-5-9-7-8-16-14(9)13;1-2-10(8-12-5-1)9-3-6-11-7-4-9/h1-16H;2*1-15H;1-8,15H;1-8H/q;;+1;;. The molecule has 14 heterocycles. The number of furan rings is 4. The molecule has 0 aliphatic rings. The first-order chi connectivity index (χ1) is 55.6. The van der Waals surface area contributed by atoms with E-state index in [2.05, 4.69) is 217 Å². The molecule has 0 aliphatic heterocycles. The Labute approximate surface area is 638 Å². The first-order valence-corrected chi connectivity index (χ1v) is 36.6. The lowest BCUT2D eigenvalue weighted by Gasteiger charge is -2.09. The molecular formula is C96H63N12O4+. The summed E-state index contributed by atoms with van der Waals surface area (Å²) in [5, 5.41) is 18.3. The molecule has 24 aromatic rings. The lowest BCUT2D eigenvalue weighted by molar-refractivity contribution is -0.659. The highest BCUT2D eigenvalue weighted by molar-refractivity contribution is 6.22. The van der Waals surface area contributed by atoms with Crippen molar-refractivity contribution < 1.29 is 22.4 Å². The number of benzene rings is 10. The van der Waals surface area contributed by atoms with Crippen molar-refractivity contribution >= 4 is 131 Å². The minimum absolute atomic E-state index is 0.721. The Morgan fingerprint density at radius 2 is 0.777 bits per heavy atom. The van der Waals surface area contributed by atoms with Gasteiger partial charge in [-0.05, 0) is 167 Å². The molecule has 0 atom stereocenters. The van der Waals surface area contributed by atoms with Gasteiger partial charge in [0.2, 0.25) is 6.20 Å². The van der Waals surface area contributed by atoms with Gasteiger partial charge in [0.05, 0.1) is 115 Å². The number of para-hydroxylation sites is 4. The molecule has 112 heavy (non-hydrogen) atoms. The van der Waals surface area contributed by atoms with E-state index in [1.54, 1.807) is 56.0 Å². The lowest BCUT2D eigenvalue weighted by atomic mass is 10.1. The van der Waals surface area contributed by atoms with E-state index in [0.29, 0.717) is 0 Å². The maximum Gasteiger partial charge on any atom is 0.256 e. The normalized spacial score (nSPS) is 11.4. The fourth-order valence-corrected chi connectivity index (χ4v) is 15.3. The highest BCUT2D eigenvalue weighted by Gasteiger charge is 2.22. The third kappa shape index (κ3) is 11.9. The molecule has 0 saturated heterocycles. The van der Waals surface area contributed by atoms with E-state index >= 15 is 0 Å². The van der Waals surface area contributed by atoms with Gasteiger partial charge in [-0.1, -0.05) is 127 Å². The van der Waals surface area contributed by atoms with Crippen LogP contribution in [0.25, 0.3) is 188 Å². The molecule has 16 heteroatoms. The van der Waals surface area contributed by atoms with E-state index < -0.39 is 0 Å². The van der Waals surface area contributed by atoms with Crippen LogP contribution >= 0.6 is 0 Å². The van der Waals surface area contributed by atoms with E-state index in [0.717, 1.165) is 161 Å². The van der Waals surface area contributed by atoms with Crippen molar-refractivity contribution in [2.24, 2.45) is 0 Å². The van der Waals surface area contributed by atoms with Crippen LogP contribution in [0.15, 0.2) is 396 Å². The van der Waals surface area contributed by atoms with Crippen molar-refractivity contribution in [3.05, 3.63) is 378 Å². The van der Waals surface area contributed by atoms with Crippen LogP contribution in [0, 0.1) is 0 Å². The van der Waals surface area contributed by atoms with Gasteiger partial charge in [0.15, 0.2) is 5.82 Å². The molecule has 0 aliphatic carbocycles. The van der Waals surface area contributed by atoms with Crippen LogP contribution in [0.5, 0.6) is 0 Å². The van der Waals surface area contributed by atoms with Crippen LogP contribution in [0.1, 0.15) is 0 Å². The summed E-state index contributed by atoms with van der Waals surface area (Å²) >= 11 is 0. The van der Waals surface area contributed by atoms with Gasteiger partial charge in [-0.2, -0.15) is 0 Å². The molecule has 0 bridgehead atoms. The number of rotatable bonds is 7. The SMILES string of the molecule is c1ccc(-c2ccc(-n3c4ccccc4c4c5occc5ccc43)cc2)nc1.c1ccc(-c2ncc(-n3c4ccccc4c4c5occc5ccc43)cn2)cc1.c1ccc2c(c1)[nH]c1ccc3ccoc3c12.c1cncc(-[n+]2cc(-n3c4ccccc4c4c5occc5ccc43)ccn2)c1.c1cncc(-c2ccncc2)c1. The first kappa shape index (κ1) is 65.8. The zero-order valence-electron chi connectivity index (χ0n) is 59.8. The molecule has 0 unspecified atom stereocenters. The summed E-state index contributed by atoms with van der Waals surface area (Å²) in [6, 6.07) is 96.9. The molecular weight excluding hydrogens is 1390 g/mol. The molecule has 530 valence electrons. The second-order valence-corrected chi connectivity index (χ2v) is 26.9. The first-order valence-electron chi connectivity index (χ1n) is 36.6. The molecule has 0 fully saturated rings. The monoisotopic (exact) mass is 1450 g/mol. The van der Waals surface area contributed by atoms with Gasteiger partial charge in [0.25, 0.3) is 5.69 Å². The number of pyridine rings is 4. The zero-order chi connectivity index (χ0) is 74.3. The maximum atomic E-state index is 5.84. The van der Waals surface area contributed by atoms with Crippen molar-refractivity contribution in [1.82, 2.24) is 53.7 Å². The maximum absolute atomic E-state index is 5.84. The number of nitrogens with zero attached hydrogens (tertiary/aromatic N) is 11. The second kappa shape index (κ2) is 28.6. The minimum Gasteiger partial charge on any atom is -0.464 e. The molecule has 0 saturated carbocycles. The van der Waals surface area contributed by atoms with Crippen molar-refractivity contribution in [3.8, 4) is 56.5 Å². The average Bonchev–Trinajstić information content (AvgIpc) is 1.58. The van der Waals surface area contributed by atoms with E-state index in [4.69, 9.17) is 17.7 Å². The quantitative estimate of drug-likeness (QED) is 0.150. The Morgan fingerprint density at radius 1 is 0.277 bits per heavy atom.